The molecule has 0 saturated heterocycles. The minimum absolute atomic E-state index is 0.361. The Balaban J connectivity index is 2.50. The van der Waals surface area contributed by atoms with Crippen molar-refractivity contribution in [1.82, 2.24) is 0 Å². The number of hydrogen-bond acceptors (Lipinski definition) is 1. The van der Waals surface area contributed by atoms with Gasteiger partial charge in [0, 0.05) is 5.92 Å². The van der Waals surface area contributed by atoms with Crippen LogP contribution < -0.4 is 0 Å². The molecule has 0 N–H and O–H groups in total. The summed E-state index contributed by atoms with van der Waals surface area (Å²) in [7, 11) is 0. The molecule has 9 heavy (non-hydrogen) atoms. The second kappa shape index (κ2) is 2.51. The maximum Gasteiger partial charge on any atom is 0.123 e. The lowest BCUT2D eigenvalue weighted by Gasteiger charge is -2.10. The zero-order valence-corrected chi connectivity index (χ0v) is 6.13. The van der Waals surface area contributed by atoms with E-state index in [0.29, 0.717) is 11.8 Å². The molecule has 0 bridgehead atoms. The third-order valence-electron chi connectivity index (χ3n) is 2.70. The fourth-order valence-electron chi connectivity index (χ4n) is 1.60. The average Bonchev–Trinajstić information content (AvgIpc) is 2.15. The molecule has 0 amide bonds. The third kappa shape index (κ3) is 1.15. The van der Waals surface area contributed by atoms with Crippen molar-refractivity contribution in [2.45, 2.75) is 26.7 Å². The summed E-state index contributed by atoms with van der Waals surface area (Å²) in [5.41, 5.74) is 0. The Bertz CT molecular complexity index is 109. The van der Waals surface area contributed by atoms with E-state index >= 15 is 0 Å². The van der Waals surface area contributed by atoms with Gasteiger partial charge in [-0.25, -0.2) is 0 Å². The molecule has 3 atom stereocenters. The lowest BCUT2D eigenvalue weighted by Crippen LogP contribution is -2.09. The van der Waals surface area contributed by atoms with E-state index in [-0.39, 0.29) is 0 Å². The highest BCUT2D eigenvalue weighted by Gasteiger charge is 2.28. The molecule has 1 fully saturated rings. The summed E-state index contributed by atoms with van der Waals surface area (Å²) in [5, 5.41) is 0. The molecule has 1 aliphatic carbocycles. The quantitative estimate of drug-likeness (QED) is 0.490. The molecule has 52 valence electrons. The van der Waals surface area contributed by atoms with Gasteiger partial charge in [0.2, 0.25) is 0 Å². The molecule has 3 unspecified atom stereocenters. The molecular weight excluding hydrogens is 112 g/mol. The van der Waals surface area contributed by atoms with Crippen molar-refractivity contribution in [2.24, 2.45) is 17.8 Å². The molecule has 0 aromatic rings. The van der Waals surface area contributed by atoms with Crippen molar-refractivity contribution >= 4 is 6.29 Å². The van der Waals surface area contributed by atoms with Gasteiger partial charge < -0.3 is 4.79 Å². The van der Waals surface area contributed by atoms with Crippen LogP contribution >= 0.6 is 0 Å². The molecule has 0 spiro atoms. The summed E-state index contributed by atoms with van der Waals surface area (Å²) >= 11 is 0. The van der Waals surface area contributed by atoms with Gasteiger partial charge in [0.1, 0.15) is 6.29 Å². The van der Waals surface area contributed by atoms with Gasteiger partial charge >= 0.3 is 0 Å². The molecule has 0 aromatic carbocycles. The van der Waals surface area contributed by atoms with E-state index in [9.17, 15) is 4.79 Å². The largest absolute Gasteiger partial charge is 0.303 e. The first-order chi connectivity index (χ1) is 4.25. The van der Waals surface area contributed by atoms with Crippen LogP contribution in [0.3, 0.4) is 0 Å². The van der Waals surface area contributed by atoms with Gasteiger partial charge in [-0.3, -0.25) is 0 Å². The number of carbonyl (C=O) groups excluding carboxylic acids is 1. The molecule has 1 heteroatoms. The molecule has 0 aliphatic heterocycles. The number of hydrogen-bond donors (Lipinski definition) is 0. The molecule has 1 nitrogen and oxygen atoms in total. The summed E-state index contributed by atoms with van der Waals surface area (Å²) in [5.74, 6) is 1.75. The van der Waals surface area contributed by atoms with Crippen LogP contribution in [0, 0.1) is 17.8 Å². The standard InChI is InChI=1S/C8H14O/c1-6-3-4-8(5-9)7(6)2/h5-8H,3-4H2,1-2H3. The van der Waals surface area contributed by atoms with Gasteiger partial charge in [-0.2, -0.15) is 0 Å². The van der Waals surface area contributed by atoms with Crippen molar-refractivity contribution in [3.05, 3.63) is 0 Å². The first-order valence-electron chi connectivity index (χ1n) is 3.71. The van der Waals surface area contributed by atoms with Gasteiger partial charge in [0.25, 0.3) is 0 Å². The third-order valence-corrected chi connectivity index (χ3v) is 2.70. The zero-order chi connectivity index (χ0) is 6.85. The highest BCUT2D eigenvalue weighted by molar-refractivity contribution is 5.54. The molecule has 1 aliphatic rings. The lowest BCUT2D eigenvalue weighted by molar-refractivity contribution is -0.111. The Hall–Kier alpha value is -0.330. The second-order valence-corrected chi connectivity index (χ2v) is 3.21. The Morgan fingerprint density at radius 2 is 2.00 bits per heavy atom. The van der Waals surface area contributed by atoms with Crippen LogP contribution in [-0.2, 0) is 4.79 Å². The number of carbonyl (C=O) groups is 1. The summed E-state index contributed by atoms with van der Waals surface area (Å²) < 4.78 is 0. The van der Waals surface area contributed by atoms with Crippen LogP contribution in [0.2, 0.25) is 0 Å². The summed E-state index contributed by atoms with van der Waals surface area (Å²) in [6, 6.07) is 0. The Morgan fingerprint density at radius 1 is 1.33 bits per heavy atom. The smallest absolute Gasteiger partial charge is 0.123 e. The van der Waals surface area contributed by atoms with Crippen molar-refractivity contribution in [3.8, 4) is 0 Å². The van der Waals surface area contributed by atoms with E-state index in [2.05, 4.69) is 13.8 Å². The first kappa shape index (κ1) is 6.79. The average molecular weight is 126 g/mol. The Morgan fingerprint density at radius 3 is 2.22 bits per heavy atom. The van der Waals surface area contributed by atoms with Gasteiger partial charge in [-0.1, -0.05) is 13.8 Å². The molecular formula is C8H14O. The van der Waals surface area contributed by atoms with Crippen LogP contribution in [0.1, 0.15) is 26.7 Å². The topological polar surface area (TPSA) is 17.1 Å². The van der Waals surface area contributed by atoms with Gasteiger partial charge in [0.15, 0.2) is 0 Å². The monoisotopic (exact) mass is 126 g/mol. The maximum atomic E-state index is 10.4. The molecule has 0 heterocycles. The van der Waals surface area contributed by atoms with E-state index in [4.69, 9.17) is 0 Å². The van der Waals surface area contributed by atoms with Crippen LogP contribution in [0.25, 0.3) is 0 Å². The van der Waals surface area contributed by atoms with E-state index in [1.807, 2.05) is 0 Å². The minimum Gasteiger partial charge on any atom is -0.303 e. The fourth-order valence-corrected chi connectivity index (χ4v) is 1.60. The van der Waals surface area contributed by atoms with Gasteiger partial charge in [-0.05, 0) is 24.7 Å². The van der Waals surface area contributed by atoms with Crippen molar-refractivity contribution in [2.75, 3.05) is 0 Å². The van der Waals surface area contributed by atoms with Crippen LogP contribution in [-0.4, -0.2) is 6.29 Å². The predicted molar refractivity (Wildman–Crippen MR) is 37.1 cm³/mol. The normalized spacial score (nSPS) is 43.1. The van der Waals surface area contributed by atoms with Gasteiger partial charge in [-0.15, -0.1) is 0 Å². The Kier molecular flexibility index (Phi) is 1.89. The predicted octanol–water partition coefficient (Wildman–Crippen LogP) is 1.87. The van der Waals surface area contributed by atoms with Gasteiger partial charge in [0.05, 0.1) is 0 Å². The van der Waals surface area contributed by atoms with Crippen LogP contribution in [0.5, 0.6) is 0 Å². The molecule has 0 radical (unpaired) electrons. The maximum absolute atomic E-state index is 10.4. The van der Waals surface area contributed by atoms with Crippen molar-refractivity contribution < 1.29 is 4.79 Å². The lowest BCUT2D eigenvalue weighted by atomic mass is 9.94. The first-order valence-corrected chi connectivity index (χ1v) is 3.71. The van der Waals surface area contributed by atoms with Crippen molar-refractivity contribution in [1.29, 1.82) is 0 Å². The minimum atomic E-state index is 0.361. The molecule has 1 rings (SSSR count). The van der Waals surface area contributed by atoms with Crippen LogP contribution in [0.15, 0.2) is 0 Å². The van der Waals surface area contributed by atoms with E-state index < -0.39 is 0 Å². The molecule has 1 saturated carbocycles. The SMILES string of the molecule is CC1CCC(C=O)C1C. The molecule has 0 aromatic heterocycles. The van der Waals surface area contributed by atoms with E-state index in [0.717, 1.165) is 18.6 Å². The van der Waals surface area contributed by atoms with Crippen LogP contribution in [0.4, 0.5) is 0 Å². The van der Waals surface area contributed by atoms with E-state index in [1.165, 1.54) is 6.42 Å². The van der Waals surface area contributed by atoms with E-state index in [1.54, 1.807) is 0 Å². The van der Waals surface area contributed by atoms with Crippen molar-refractivity contribution in [3.63, 3.8) is 0 Å². The highest BCUT2D eigenvalue weighted by atomic mass is 16.1. The number of aldehydes is 1. The fraction of sp³-hybridized carbons (Fsp3) is 0.875. The highest BCUT2D eigenvalue weighted by Crippen LogP contribution is 2.34. The summed E-state index contributed by atoms with van der Waals surface area (Å²) in [4.78, 5) is 10.4. The number of rotatable bonds is 1. The second-order valence-electron chi connectivity index (χ2n) is 3.21. The summed E-state index contributed by atoms with van der Waals surface area (Å²) in [6.07, 6.45) is 3.48. The summed E-state index contributed by atoms with van der Waals surface area (Å²) in [6.45, 7) is 4.41. The Labute approximate surface area is 56.4 Å². The zero-order valence-electron chi connectivity index (χ0n) is 6.13.